The molecule has 0 aromatic carbocycles. The largest absolute Gasteiger partial charge is 0.285 e. The fraction of sp³-hybridized carbons (Fsp3) is 1.00. The van der Waals surface area contributed by atoms with Crippen molar-refractivity contribution < 1.29 is 0 Å². The Labute approximate surface area is 74.0 Å². The molecule has 12 heavy (non-hydrogen) atoms. The van der Waals surface area contributed by atoms with E-state index in [0.29, 0.717) is 6.04 Å². The van der Waals surface area contributed by atoms with Gasteiger partial charge in [-0.05, 0) is 19.5 Å². The third-order valence-corrected chi connectivity index (χ3v) is 2.13. The fourth-order valence-corrected chi connectivity index (χ4v) is 1.33. The van der Waals surface area contributed by atoms with Crippen LogP contribution in [0.25, 0.3) is 0 Å². The molecule has 1 N–H and O–H groups in total. The summed E-state index contributed by atoms with van der Waals surface area (Å²) in [5.41, 5.74) is 3.24. The standard InChI is InChI=1S/C8H18N4/c1-8(2,3)6-7(12(4)5)10-11-9-6/h6-7H,1-5H3,(H,9,10). The summed E-state index contributed by atoms with van der Waals surface area (Å²) in [6.45, 7) is 6.58. The van der Waals surface area contributed by atoms with Crippen molar-refractivity contribution in [1.29, 1.82) is 0 Å². The van der Waals surface area contributed by atoms with Crippen molar-refractivity contribution in [2.75, 3.05) is 14.1 Å². The second kappa shape index (κ2) is 3.01. The smallest absolute Gasteiger partial charge is 0.147 e. The molecular formula is C8H18N4. The molecular weight excluding hydrogens is 152 g/mol. The van der Waals surface area contributed by atoms with Gasteiger partial charge in [0.1, 0.15) is 6.17 Å². The lowest BCUT2D eigenvalue weighted by Crippen LogP contribution is -2.48. The molecule has 0 amide bonds. The Morgan fingerprint density at radius 3 is 2.17 bits per heavy atom. The maximum Gasteiger partial charge on any atom is 0.147 e. The van der Waals surface area contributed by atoms with Crippen molar-refractivity contribution in [3.05, 3.63) is 0 Å². The van der Waals surface area contributed by atoms with Crippen LogP contribution in [0.3, 0.4) is 0 Å². The van der Waals surface area contributed by atoms with E-state index in [1.54, 1.807) is 0 Å². The normalized spacial score (nSPS) is 29.5. The SMILES string of the molecule is CN(C)C1N=NNC1C(C)(C)C. The minimum absolute atomic E-state index is 0.171. The van der Waals surface area contributed by atoms with Crippen LogP contribution in [-0.4, -0.2) is 31.2 Å². The highest BCUT2D eigenvalue weighted by Gasteiger charge is 2.36. The Kier molecular flexibility index (Phi) is 2.37. The van der Waals surface area contributed by atoms with Gasteiger partial charge in [0.15, 0.2) is 0 Å². The quantitative estimate of drug-likeness (QED) is 0.643. The molecule has 4 heteroatoms. The van der Waals surface area contributed by atoms with Gasteiger partial charge in [0.05, 0.1) is 6.04 Å². The first kappa shape index (κ1) is 9.45. The third kappa shape index (κ3) is 1.75. The van der Waals surface area contributed by atoms with Crippen LogP contribution in [0.2, 0.25) is 0 Å². The Balaban J connectivity index is 2.69. The van der Waals surface area contributed by atoms with E-state index in [2.05, 4.69) is 41.4 Å². The Bertz CT molecular complexity index is 180. The fourth-order valence-electron chi connectivity index (χ4n) is 1.33. The van der Waals surface area contributed by atoms with Crippen molar-refractivity contribution >= 4 is 0 Å². The lowest BCUT2D eigenvalue weighted by molar-refractivity contribution is 0.174. The van der Waals surface area contributed by atoms with Crippen LogP contribution in [0.5, 0.6) is 0 Å². The van der Waals surface area contributed by atoms with Crippen molar-refractivity contribution in [3.63, 3.8) is 0 Å². The first-order valence-corrected chi connectivity index (χ1v) is 4.25. The summed E-state index contributed by atoms with van der Waals surface area (Å²) in [5, 5.41) is 7.99. The number of hydrogen-bond donors (Lipinski definition) is 1. The predicted octanol–water partition coefficient (Wildman–Crippen LogP) is 1.26. The van der Waals surface area contributed by atoms with Crippen LogP contribution >= 0.6 is 0 Å². The van der Waals surface area contributed by atoms with Crippen LogP contribution < -0.4 is 5.43 Å². The summed E-state index contributed by atoms with van der Waals surface area (Å²) in [6, 6.07) is 0.312. The molecule has 0 radical (unpaired) electrons. The molecule has 0 aromatic rings. The molecule has 2 unspecified atom stereocenters. The van der Waals surface area contributed by atoms with Gasteiger partial charge >= 0.3 is 0 Å². The zero-order valence-electron chi connectivity index (χ0n) is 8.50. The van der Waals surface area contributed by atoms with E-state index >= 15 is 0 Å². The first-order valence-electron chi connectivity index (χ1n) is 4.25. The number of nitrogens with one attached hydrogen (secondary N) is 1. The second-order valence-electron chi connectivity index (χ2n) is 4.57. The van der Waals surface area contributed by atoms with E-state index in [1.165, 1.54) is 0 Å². The van der Waals surface area contributed by atoms with Crippen molar-refractivity contribution in [2.24, 2.45) is 15.8 Å². The molecule has 70 valence electrons. The molecule has 0 fully saturated rings. The molecule has 1 aliphatic heterocycles. The maximum absolute atomic E-state index is 4.12. The van der Waals surface area contributed by atoms with Gasteiger partial charge in [0.25, 0.3) is 0 Å². The highest BCUT2D eigenvalue weighted by Crippen LogP contribution is 2.27. The highest BCUT2D eigenvalue weighted by atomic mass is 15.5. The van der Waals surface area contributed by atoms with Gasteiger partial charge in [-0.25, -0.2) is 0 Å². The Morgan fingerprint density at radius 2 is 1.83 bits per heavy atom. The van der Waals surface area contributed by atoms with E-state index in [9.17, 15) is 0 Å². The van der Waals surface area contributed by atoms with Gasteiger partial charge in [-0.15, -0.1) is 5.11 Å². The van der Waals surface area contributed by atoms with Gasteiger partial charge in [0.2, 0.25) is 0 Å². The zero-order valence-corrected chi connectivity index (χ0v) is 8.50. The molecule has 0 saturated heterocycles. The number of rotatable bonds is 1. The molecule has 0 aliphatic carbocycles. The Hall–Kier alpha value is -0.640. The number of hydrogen-bond acceptors (Lipinski definition) is 4. The summed E-state index contributed by atoms with van der Waals surface area (Å²) in [6.07, 6.45) is 0.171. The van der Waals surface area contributed by atoms with Crippen LogP contribution in [0.1, 0.15) is 20.8 Å². The zero-order chi connectivity index (χ0) is 9.35. The molecule has 0 bridgehead atoms. The summed E-state index contributed by atoms with van der Waals surface area (Å²) >= 11 is 0. The van der Waals surface area contributed by atoms with Crippen molar-refractivity contribution in [3.8, 4) is 0 Å². The van der Waals surface area contributed by atoms with E-state index < -0.39 is 0 Å². The molecule has 1 rings (SSSR count). The topological polar surface area (TPSA) is 40.0 Å². The highest BCUT2D eigenvalue weighted by molar-refractivity contribution is 4.90. The van der Waals surface area contributed by atoms with Crippen LogP contribution in [0, 0.1) is 5.41 Å². The van der Waals surface area contributed by atoms with Crippen molar-refractivity contribution in [2.45, 2.75) is 33.0 Å². The summed E-state index contributed by atoms with van der Waals surface area (Å²) in [4.78, 5) is 2.08. The van der Waals surface area contributed by atoms with E-state index in [-0.39, 0.29) is 11.6 Å². The third-order valence-electron chi connectivity index (χ3n) is 2.13. The molecule has 1 heterocycles. The minimum Gasteiger partial charge on any atom is -0.285 e. The maximum atomic E-state index is 4.12. The van der Waals surface area contributed by atoms with E-state index in [1.807, 2.05) is 14.1 Å². The lowest BCUT2D eigenvalue weighted by atomic mass is 9.85. The molecule has 1 aliphatic rings. The summed E-state index contributed by atoms with van der Waals surface area (Å²) < 4.78 is 0. The van der Waals surface area contributed by atoms with Gasteiger partial charge in [-0.1, -0.05) is 26.0 Å². The van der Waals surface area contributed by atoms with Gasteiger partial charge in [-0.2, -0.15) is 0 Å². The van der Waals surface area contributed by atoms with Crippen molar-refractivity contribution in [1.82, 2.24) is 10.3 Å². The van der Waals surface area contributed by atoms with E-state index in [4.69, 9.17) is 0 Å². The minimum atomic E-state index is 0.171. The van der Waals surface area contributed by atoms with Gasteiger partial charge < -0.3 is 0 Å². The molecule has 0 aromatic heterocycles. The van der Waals surface area contributed by atoms with E-state index in [0.717, 1.165) is 0 Å². The number of likely N-dealkylation sites (N-methyl/N-ethyl adjacent to an activating group) is 1. The van der Waals surface area contributed by atoms with Crippen LogP contribution in [0.15, 0.2) is 10.3 Å². The molecule has 0 spiro atoms. The molecule has 2 atom stereocenters. The lowest BCUT2D eigenvalue weighted by Gasteiger charge is -2.32. The summed E-state index contributed by atoms with van der Waals surface area (Å²) in [7, 11) is 4.05. The Morgan fingerprint density at radius 1 is 1.25 bits per heavy atom. The average molecular weight is 170 g/mol. The summed E-state index contributed by atoms with van der Waals surface area (Å²) in [5.74, 6) is 0. The average Bonchev–Trinajstić information content (AvgIpc) is 2.30. The molecule has 4 nitrogen and oxygen atoms in total. The van der Waals surface area contributed by atoms with Gasteiger partial charge in [-0.3, -0.25) is 10.3 Å². The van der Waals surface area contributed by atoms with Gasteiger partial charge in [0, 0.05) is 0 Å². The van der Waals surface area contributed by atoms with Crippen LogP contribution in [0.4, 0.5) is 0 Å². The van der Waals surface area contributed by atoms with Crippen LogP contribution in [-0.2, 0) is 0 Å². The predicted molar refractivity (Wildman–Crippen MR) is 48.7 cm³/mol. The monoisotopic (exact) mass is 170 g/mol. The second-order valence-corrected chi connectivity index (χ2v) is 4.57. The molecule has 0 saturated carbocycles. The number of nitrogens with zero attached hydrogens (tertiary/aromatic N) is 3. The first-order chi connectivity index (χ1) is 5.43.